The molecular formula is C18H21FN2O. The Kier molecular flexibility index (Phi) is 4.50. The first kappa shape index (κ1) is 16.0. The zero-order valence-corrected chi connectivity index (χ0v) is 13.3. The Hall–Kier alpha value is -2.36. The molecule has 2 aromatic carbocycles. The first-order chi connectivity index (χ1) is 10.2. The molecule has 0 spiro atoms. The van der Waals surface area contributed by atoms with Gasteiger partial charge in [-0.15, -0.1) is 0 Å². The van der Waals surface area contributed by atoms with E-state index in [1.165, 1.54) is 12.1 Å². The smallest absolute Gasteiger partial charge is 0.255 e. The molecule has 0 aliphatic carbocycles. The second-order valence-corrected chi connectivity index (χ2v) is 6.37. The average molecular weight is 300 g/mol. The molecule has 0 atom stereocenters. The Bertz CT molecular complexity index is 690. The Morgan fingerprint density at radius 2 is 1.82 bits per heavy atom. The van der Waals surface area contributed by atoms with Crippen molar-refractivity contribution in [3.63, 3.8) is 0 Å². The van der Waals surface area contributed by atoms with E-state index in [4.69, 9.17) is 0 Å². The van der Waals surface area contributed by atoms with Crippen LogP contribution in [-0.4, -0.2) is 11.4 Å². The SMILES string of the molecule is Cc1ccc(C(=O)Nc2cccc(F)c2)cc1NC(C)(C)C. The van der Waals surface area contributed by atoms with Crippen LogP contribution in [0, 0.1) is 12.7 Å². The number of aryl methyl sites for hydroxylation is 1. The van der Waals surface area contributed by atoms with E-state index in [0.29, 0.717) is 11.3 Å². The van der Waals surface area contributed by atoms with E-state index in [1.807, 2.05) is 19.1 Å². The Balaban J connectivity index is 2.21. The van der Waals surface area contributed by atoms with Crippen LogP contribution in [0.2, 0.25) is 0 Å². The minimum absolute atomic E-state index is 0.0948. The number of anilines is 2. The number of carbonyl (C=O) groups is 1. The fraction of sp³-hybridized carbons (Fsp3) is 0.278. The van der Waals surface area contributed by atoms with Crippen molar-refractivity contribution in [1.82, 2.24) is 0 Å². The van der Waals surface area contributed by atoms with Crippen molar-refractivity contribution in [2.75, 3.05) is 10.6 Å². The summed E-state index contributed by atoms with van der Waals surface area (Å²) in [7, 11) is 0. The molecule has 116 valence electrons. The van der Waals surface area contributed by atoms with Gasteiger partial charge in [-0.1, -0.05) is 12.1 Å². The summed E-state index contributed by atoms with van der Waals surface area (Å²) >= 11 is 0. The topological polar surface area (TPSA) is 41.1 Å². The van der Waals surface area contributed by atoms with Crippen LogP contribution in [-0.2, 0) is 0 Å². The summed E-state index contributed by atoms with van der Waals surface area (Å²) in [5, 5.41) is 6.08. The number of rotatable bonds is 3. The van der Waals surface area contributed by atoms with Crippen molar-refractivity contribution >= 4 is 17.3 Å². The van der Waals surface area contributed by atoms with Crippen molar-refractivity contribution < 1.29 is 9.18 Å². The number of carbonyl (C=O) groups excluding carboxylic acids is 1. The van der Waals surface area contributed by atoms with Gasteiger partial charge in [0.15, 0.2) is 0 Å². The normalized spacial score (nSPS) is 11.1. The van der Waals surface area contributed by atoms with Crippen LogP contribution in [0.15, 0.2) is 42.5 Å². The lowest BCUT2D eigenvalue weighted by Gasteiger charge is -2.24. The van der Waals surface area contributed by atoms with Crippen LogP contribution >= 0.6 is 0 Å². The van der Waals surface area contributed by atoms with Crippen LogP contribution < -0.4 is 10.6 Å². The summed E-state index contributed by atoms with van der Waals surface area (Å²) in [5.74, 6) is -0.639. The molecule has 0 saturated carbocycles. The highest BCUT2D eigenvalue weighted by Crippen LogP contribution is 2.22. The van der Waals surface area contributed by atoms with Crippen molar-refractivity contribution in [2.24, 2.45) is 0 Å². The van der Waals surface area contributed by atoms with E-state index in [0.717, 1.165) is 11.3 Å². The van der Waals surface area contributed by atoms with Gasteiger partial charge >= 0.3 is 0 Å². The summed E-state index contributed by atoms with van der Waals surface area (Å²) in [6.07, 6.45) is 0. The Morgan fingerprint density at radius 1 is 1.09 bits per heavy atom. The van der Waals surface area contributed by atoms with Gasteiger partial charge in [0.1, 0.15) is 5.82 Å². The van der Waals surface area contributed by atoms with Gasteiger partial charge in [0, 0.05) is 22.5 Å². The minimum Gasteiger partial charge on any atom is -0.380 e. The van der Waals surface area contributed by atoms with E-state index in [9.17, 15) is 9.18 Å². The highest BCUT2D eigenvalue weighted by atomic mass is 19.1. The zero-order chi connectivity index (χ0) is 16.3. The predicted octanol–water partition coefficient (Wildman–Crippen LogP) is 4.60. The van der Waals surface area contributed by atoms with E-state index < -0.39 is 0 Å². The first-order valence-electron chi connectivity index (χ1n) is 7.20. The molecule has 2 aromatic rings. The van der Waals surface area contributed by atoms with Crippen molar-refractivity contribution in [1.29, 1.82) is 0 Å². The lowest BCUT2D eigenvalue weighted by atomic mass is 10.0. The third kappa shape index (κ3) is 4.32. The summed E-state index contributed by atoms with van der Waals surface area (Å²) in [6, 6.07) is 11.3. The molecule has 0 aliphatic rings. The van der Waals surface area contributed by atoms with Gasteiger partial charge in [-0.2, -0.15) is 0 Å². The van der Waals surface area contributed by atoms with E-state index in [2.05, 4.69) is 31.4 Å². The minimum atomic E-state index is -0.378. The monoisotopic (exact) mass is 300 g/mol. The zero-order valence-electron chi connectivity index (χ0n) is 13.3. The molecule has 0 aliphatic heterocycles. The quantitative estimate of drug-likeness (QED) is 0.870. The van der Waals surface area contributed by atoms with E-state index in [1.54, 1.807) is 18.2 Å². The van der Waals surface area contributed by atoms with E-state index in [-0.39, 0.29) is 17.3 Å². The molecule has 2 N–H and O–H groups in total. The molecule has 0 unspecified atom stereocenters. The second-order valence-electron chi connectivity index (χ2n) is 6.37. The van der Waals surface area contributed by atoms with E-state index >= 15 is 0 Å². The predicted molar refractivity (Wildman–Crippen MR) is 88.9 cm³/mol. The standard InChI is InChI=1S/C18H21FN2O/c1-12-8-9-13(10-16(12)21-18(2,3)4)17(22)20-15-7-5-6-14(19)11-15/h5-11,21H,1-4H3,(H,20,22). The Labute approximate surface area is 130 Å². The van der Waals surface area contributed by atoms with Crippen molar-refractivity contribution in [3.8, 4) is 0 Å². The van der Waals surface area contributed by atoms with Crippen molar-refractivity contribution in [2.45, 2.75) is 33.2 Å². The third-order valence-corrected chi connectivity index (χ3v) is 3.09. The lowest BCUT2D eigenvalue weighted by molar-refractivity contribution is 0.102. The fourth-order valence-electron chi connectivity index (χ4n) is 2.07. The number of nitrogens with one attached hydrogen (secondary N) is 2. The number of amides is 1. The maximum Gasteiger partial charge on any atom is 0.255 e. The van der Waals surface area contributed by atoms with Gasteiger partial charge < -0.3 is 10.6 Å². The van der Waals surface area contributed by atoms with Gasteiger partial charge in [0.25, 0.3) is 5.91 Å². The van der Waals surface area contributed by atoms with Gasteiger partial charge in [-0.25, -0.2) is 4.39 Å². The maximum absolute atomic E-state index is 13.2. The molecule has 0 bridgehead atoms. The summed E-state index contributed by atoms with van der Waals surface area (Å²) in [5.41, 5.74) is 2.86. The van der Waals surface area contributed by atoms with Crippen LogP contribution in [0.5, 0.6) is 0 Å². The van der Waals surface area contributed by atoms with Crippen LogP contribution in [0.3, 0.4) is 0 Å². The van der Waals surface area contributed by atoms with Crippen molar-refractivity contribution in [3.05, 3.63) is 59.4 Å². The van der Waals surface area contributed by atoms with Gasteiger partial charge in [-0.05, 0) is 63.6 Å². The molecule has 22 heavy (non-hydrogen) atoms. The highest BCUT2D eigenvalue weighted by molar-refractivity contribution is 6.04. The highest BCUT2D eigenvalue weighted by Gasteiger charge is 2.13. The van der Waals surface area contributed by atoms with Crippen LogP contribution in [0.1, 0.15) is 36.7 Å². The second kappa shape index (κ2) is 6.18. The average Bonchev–Trinajstić information content (AvgIpc) is 2.39. The number of benzene rings is 2. The molecule has 0 radical (unpaired) electrons. The Morgan fingerprint density at radius 3 is 2.45 bits per heavy atom. The van der Waals surface area contributed by atoms with Crippen LogP contribution in [0.4, 0.5) is 15.8 Å². The molecule has 0 fully saturated rings. The molecule has 0 aromatic heterocycles. The maximum atomic E-state index is 13.2. The molecule has 3 nitrogen and oxygen atoms in total. The molecule has 0 heterocycles. The number of hydrogen-bond donors (Lipinski definition) is 2. The van der Waals surface area contributed by atoms with Gasteiger partial charge in [0.05, 0.1) is 0 Å². The summed E-state index contributed by atoms with van der Waals surface area (Å²) in [4.78, 5) is 12.3. The lowest BCUT2D eigenvalue weighted by Crippen LogP contribution is -2.26. The number of halogens is 1. The molecule has 4 heteroatoms. The van der Waals surface area contributed by atoms with Gasteiger partial charge in [0.2, 0.25) is 0 Å². The first-order valence-corrected chi connectivity index (χ1v) is 7.20. The molecule has 1 amide bonds. The molecular weight excluding hydrogens is 279 g/mol. The summed E-state index contributed by atoms with van der Waals surface area (Å²) in [6.45, 7) is 8.17. The number of hydrogen-bond acceptors (Lipinski definition) is 2. The third-order valence-electron chi connectivity index (χ3n) is 3.09. The summed E-state index contributed by atoms with van der Waals surface area (Å²) < 4.78 is 13.2. The molecule has 2 rings (SSSR count). The molecule has 0 saturated heterocycles. The largest absolute Gasteiger partial charge is 0.380 e. The van der Waals surface area contributed by atoms with Crippen LogP contribution in [0.25, 0.3) is 0 Å². The van der Waals surface area contributed by atoms with Gasteiger partial charge in [-0.3, -0.25) is 4.79 Å². The fourth-order valence-corrected chi connectivity index (χ4v) is 2.07.